The van der Waals surface area contributed by atoms with Crippen LogP contribution >= 0.6 is 0 Å². The fourth-order valence-corrected chi connectivity index (χ4v) is 3.50. The second kappa shape index (κ2) is 5.95. The van der Waals surface area contributed by atoms with Crippen molar-refractivity contribution in [1.82, 2.24) is 0 Å². The van der Waals surface area contributed by atoms with Crippen LogP contribution in [0.2, 0.25) is 0 Å². The Morgan fingerprint density at radius 2 is 1.59 bits per heavy atom. The van der Waals surface area contributed by atoms with Gasteiger partial charge in [0.25, 0.3) is 10.0 Å². The molecule has 9 heteroatoms. The van der Waals surface area contributed by atoms with E-state index in [1.54, 1.807) is 18.2 Å². The molecular formula is C13H14N2O5S2. The van der Waals surface area contributed by atoms with Crippen molar-refractivity contribution in [2.24, 2.45) is 5.14 Å². The molecule has 7 nitrogen and oxygen atoms in total. The Morgan fingerprint density at radius 3 is 2.23 bits per heavy atom. The lowest BCUT2D eigenvalue weighted by molar-refractivity contribution is 0.417. The quantitative estimate of drug-likeness (QED) is 0.845. The van der Waals surface area contributed by atoms with Gasteiger partial charge in [0.1, 0.15) is 5.75 Å². The van der Waals surface area contributed by atoms with Crippen LogP contribution in [0.4, 0.5) is 5.69 Å². The van der Waals surface area contributed by atoms with Gasteiger partial charge in [0.15, 0.2) is 0 Å². The van der Waals surface area contributed by atoms with E-state index in [1.165, 1.54) is 31.4 Å². The number of para-hydroxylation sites is 2. The molecule has 2 aromatic rings. The summed E-state index contributed by atoms with van der Waals surface area (Å²) in [7, 11) is -6.56. The maximum absolute atomic E-state index is 12.3. The SMILES string of the molecule is COc1ccccc1NS(=O)(=O)c1cccc(S(N)(=O)=O)c1. The smallest absolute Gasteiger partial charge is 0.262 e. The predicted octanol–water partition coefficient (Wildman–Crippen LogP) is 1.14. The molecule has 0 atom stereocenters. The molecule has 0 aliphatic carbocycles. The maximum atomic E-state index is 12.3. The molecule has 0 heterocycles. The molecule has 0 unspecified atom stereocenters. The van der Waals surface area contributed by atoms with Gasteiger partial charge >= 0.3 is 0 Å². The molecule has 2 rings (SSSR count). The van der Waals surface area contributed by atoms with Gasteiger partial charge in [-0.3, -0.25) is 4.72 Å². The van der Waals surface area contributed by atoms with Crippen LogP contribution in [0.15, 0.2) is 58.3 Å². The van der Waals surface area contributed by atoms with Crippen molar-refractivity contribution in [1.29, 1.82) is 0 Å². The topological polar surface area (TPSA) is 116 Å². The molecule has 0 saturated carbocycles. The number of nitrogens with two attached hydrogens (primary N) is 1. The Morgan fingerprint density at radius 1 is 0.955 bits per heavy atom. The van der Waals surface area contributed by atoms with E-state index >= 15 is 0 Å². The van der Waals surface area contributed by atoms with Crippen molar-refractivity contribution >= 4 is 25.7 Å². The van der Waals surface area contributed by atoms with Gasteiger partial charge in [-0.2, -0.15) is 0 Å². The number of sulfonamides is 2. The average molecular weight is 342 g/mol. The highest BCUT2D eigenvalue weighted by atomic mass is 32.2. The number of benzene rings is 2. The number of hydrogen-bond donors (Lipinski definition) is 2. The van der Waals surface area contributed by atoms with Crippen LogP contribution < -0.4 is 14.6 Å². The van der Waals surface area contributed by atoms with Gasteiger partial charge in [-0.25, -0.2) is 22.0 Å². The molecule has 0 aromatic heterocycles. The first-order chi connectivity index (χ1) is 10.2. The second-order valence-electron chi connectivity index (χ2n) is 4.33. The monoisotopic (exact) mass is 342 g/mol. The highest BCUT2D eigenvalue weighted by Crippen LogP contribution is 2.26. The third-order valence-electron chi connectivity index (χ3n) is 2.80. The second-order valence-corrected chi connectivity index (χ2v) is 7.57. The van der Waals surface area contributed by atoms with Gasteiger partial charge in [0.05, 0.1) is 22.6 Å². The number of nitrogens with one attached hydrogen (secondary N) is 1. The standard InChI is InChI=1S/C13H14N2O5S2/c1-20-13-8-3-2-7-12(13)15-22(18,19)11-6-4-5-10(9-11)21(14,16)17/h2-9,15H,1H3,(H2,14,16,17). The molecule has 0 aliphatic rings. The van der Waals surface area contributed by atoms with Crippen LogP contribution in [-0.4, -0.2) is 23.9 Å². The summed E-state index contributed by atoms with van der Waals surface area (Å²) in [4.78, 5) is -0.500. The average Bonchev–Trinajstić information content (AvgIpc) is 2.47. The highest BCUT2D eigenvalue weighted by Gasteiger charge is 2.18. The summed E-state index contributed by atoms with van der Waals surface area (Å²) in [6.07, 6.45) is 0. The summed E-state index contributed by atoms with van der Waals surface area (Å²) in [5.74, 6) is 0.341. The molecule has 0 amide bonds. The van der Waals surface area contributed by atoms with Gasteiger partial charge in [0.2, 0.25) is 10.0 Å². The number of primary sulfonamides is 1. The van der Waals surface area contributed by atoms with Gasteiger partial charge in [-0.05, 0) is 30.3 Å². The van der Waals surface area contributed by atoms with E-state index in [-0.39, 0.29) is 15.5 Å². The lowest BCUT2D eigenvalue weighted by atomic mass is 10.3. The van der Waals surface area contributed by atoms with Gasteiger partial charge in [-0.15, -0.1) is 0 Å². The zero-order chi connectivity index (χ0) is 16.4. The van der Waals surface area contributed by atoms with E-state index in [0.29, 0.717) is 5.75 Å². The summed E-state index contributed by atoms with van der Waals surface area (Å²) in [5, 5.41) is 5.00. The molecule has 0 radical (unpaired) electrons. The molecule has 0 saturated heterocycles. The minimum absolute atomic E-state index is 0.218. The Bertz CT molecular complexity index is 892. The van der Waals surface area contributed by atoms with Crippen LogP contribution in [0.5, 0.6) is 5.75 Å². The first kappa shape index (κ1) is 16.3. The molecule has 0 spiro atoms. The van der Waals surface area contributed by atoms with Crippen LogP contribution in [-0.2, 0) is 20.0 Å². The third-order valence-corrected chi connectivity index (χ3v) is 5.07. The first-order valence-electron chi connectivity index (χ1n) is 6.03. The Hall–Kier alpha value is -2.10. The number of rotatable bonds is 5. The molecular weight excluding hydrogens is 328 g/mol. The summed E-state index contributed by atoms with van der Waals surface area (Å²) in [5.41, 5.74) is 0.242. The van der Waals surface area contributed by atoms with Crippen molar-refractivity contribution in [2.75, 3.05) is 11.8 Å². The normalized spacial score (nSPS) is 11.9. The van der Waals surface area contributed by atoms with Crippen molar-refractivity contribution < 1.29 is 21.6 Å². The van der Waals surface area contributed by atoms with Crippen LogP contribution in [0.25, 0.3) is 0 Å². The van der Waals surface area contributed by atoms with E-state index in [4.69, 9.17) is 9.88 Å². The molecule has 3 N–H and O–H groups in total. The van der Waals surface area contributed by atoms with Gasteiger partial charge in [-0.1, -0.05) is 18.2 Å². The first-order valence-corrected chi connectivity index (χ1v) is 9.06. The number of methoxy groups -OCH3 is 1. The van der Waals surface area contributed by atoms with E-state index in [1.807, 2.05) is 0 Å². The van der Waals surface area contributed by atoms with Crippen molar-refractivity contribution in [3.05, 3.63) is 48.5 Å². The lowest BCUT2D eigenvalue weighted by Crippen LogP contribution is -2.16. The Labute approximate surface area is 128 Å². The molecule has 2 aromatic carbocycles. The summed E-state index contributed by atoms with van der Waals surface area (Å²) in [6.45, 7) is 0. The van der Waals surface area contributed by atoms with Crippen LogP contribution in [0.3, 0.4) is 0 Å². The maximum Gasteiger partial charge on any atom is 0.262 e. The predicted molar refractivity (Wildman–Crippen MR) is 81.6 cm³/mol. The minimum atomic E-state index is -3.99. The van der Waals surface area contributed by atoms with E-state index in [0.717, 1.165) is 6.07 Å². The number of ether oxygens (including phenoxy) is 1. The molecule has 0 bridgehead atoms. The molecule has 118 valence electrons. The van der Waals surface area contributed by atoms with E-state index < -0.39 is 20.0 Å². The van der Waals surface area contributed by atoms with Crippen molar-refractivity contribution in [3.8, 4) is 5.75 Å². The number of anilines is 1. The third kappa shape index (κ3) is 3.56. The van der Waals surface area contributed by atoms with Crippen LogP contribution in [0.1, 0.15) is 0 Å². The van der Waals surface area contributed by atoms with E-state index in [9.17, 15) is 16.8 Å². The highest BCUT2D eigenvalue weighted by molar-refractivity contribution is 7.93. The minimum Gasteiger partial charge on any atom is -0.495 e. The summed E-state index contributed by atoms with van der Waals surface area (Å²) < 4.78 is 54.7. The molecule has 22 heavy (non-hydrogen) atoms. The fourth-order valence-electron chi connectivity index (χ4n) is 1.75. The van der Waals surface area contributed by atoms with Crippen molar-refractivity contribution in [2.45, 2.75) is 9.79 Å². The zero-order valence-corrected chi connectivity index (χ0v) is 13.2. The molecule has 0 aliphatic heterocycles. The zero-order valence-electron chi connectivity index (χ0n) is 11.6. The summed E-state index contributed by atoms with van der Waals surface area (Å²) >= 11 is 0. The van der Waals surface area contributed by atoms with E-state index in [2.05, 4.69) is 4.72 Å². The lowest BCUT2D eigenvalue weighted by Gasteiger charge is -2.12. The van der Waals surface area contributed by atoms with Gasteiger partial charge in [0, 0.05) is 0 Å². The van der Waals surface area contributed by atoms with Gasteiger partial charge < -0.3 is 4.74 Å². The largest absolute Gasteiger partial charge is 0.495 e. The number of hydrogen-bond acceptors (Lipinski definition) is 5. The van der Waals surface area contributed by atoms with Crippen molar-refractivity contribution in [3.63, 3.8) is 0 Å². The molecule has 0 fully saturated rings. The van der Waals surface area contributed by atoms with Crippen LogP contribution in [0, 0.1) is 0 Å². The summed E-state index contributed by atoms with van der Waals surface area (Å²) in [6, 6.07) is 11.2. The fraction of sp³-hybridized carbons (Fsp3) is 0.0769. The Balaban J connectivity index is 2.43. The Kier molecular flexibility index (Phi) is 4.40.